The Morgan fingerprint density at radius 1 is 1.52 bits per heavy atom. The fourth-order valence-electron chi connectivity index (χ4n) is 2.27. The van der Waals surface area contributed by atoms with Crippen LogP contribution in [0.25, 0.3) is 0 Å². The average Bonchev–Trinajstić information content (AvgIpc) is 2.49. The van der Waals surface area contributed by atoms with Crippen LogP contribution in [0.2, 0.25) is 5.02 Å². The first kappa shape index (κ1) is 16.5. The minimum Gasteiger partial charge on any atom is -0.378 e. The Balaban J connectivity index is 2.32. The second-order valence-electron chi connectivity index (χ2n) is 4.78. The van der Waals surface area contributed by atoms with Crippen molar-refractivity contribution in [2.45, 2.75) is 31.2 Å². The number of halogens is 1. The molecule has 1 aromatic heterocycles. The number of rotatable bonds is 5. The molecule has 1 aliphatic rings. The molecule has 0 radical (unpaired) electrons. The third-order valence-corrected chi connectivity index (χ3v) is 5.62. The highest BCUT2D eigenvalue weighted by Crippen LogP contribution is 2.26. The van der Waals surface area contributed by atoms with E-state index in [4.69, 9.17) is 16.3 Å². The molecule has 1 atom stereocenters. The molecule has 0 amide bonds. The summed E-state index contributed by atoms with van der Waals surface area (Å²) in [6, 6.07) is 1.31. The zero-order valence-electron chi connectivity index (χ0n) is 12.2. The molecule has 2 rings (SSSR count). The quantitative estimate of drug-likeness (QED) is 0.892. The molecule has 6 nitrogen and oxygen atoms in total. The Hall–Kier alpha value is -0.890. The number of nitrogens with zero attached hydrogens (tertiary/aromatic N) is 2. The molecule has 21 heavy (non-hydrogen) atoms. The maximum absolute atomic E-state index is 12.7. The first-order chi connectivity index (χ1) is 10.0. The Kier molecular flexibility index (Phi) is 5.43. The van der Waals surface area contributed by atoms with E-state index < -0.39 is 10.0 Å². The van der Waals surface area contributed by atoms with Crippen molar-refractivity contribution in [1.29, 1.82) is 0 Å². The molecule has 8 heteroatoms. The van der Waals surface area contributed by atoms with Crippen molar-refractivity contribution in [2.24, 2.45) is 0 Å². The van der Waals surface area contributed by atoms with E-state index >= 15 is 0 Å². The summed E-state index contributed by atoms with van der Waals surface area (Å²) in [4.78, 5) is 4.22. The van der Waals surface area contributed by atoms with Gasteiger partial charge in [0.2, 0.25) is 10.0 Å². The fourth-order valence-corrected chi connectivity index (χ4v) is 4.21. The van der Waals surface area contributed by atoms with Gasteiger partial charge < -0.3 is 10.1 Å². The average molecular weight is 334 g/mol. The minimum absolute atomic E-state index is 0.120. The van der Waals surface area contributed by atoms with Crippen LogP contribution in [0.15, 0.2) is 17.2 Å². The third kappa shape index (κ3) is 3.48. The summed E-state index contributed by atoms with van der Waals surface area (Å²) in [7, 11) is -3.60. The third-order valence-electron chi connectivity index (χ3n) is 3.41. The van der Waals surface area contributed by atoms with Crippen molar-refractivity contribution in [1.82, 2.24) is 9.29 Å². The number of hydrogen-bond acceptors (Lipinski definition) is 5. The molecule has 1 N–H and O–H groups in total. The van der Waals surface area contributed by atoms with Crippen molar-refractivity contribution < 1.29 is 13.2 Å². The van der Waals surface area contributed by atoms with Crippen molar-refractivity contribution in [3.05, 3.63) is 17.3 Å². The number of pyridine rings is 1. The van der Waals surface area contributed by atoms with Gasteiger partial charge >= 0.3 is 0 Å². The lowest BCUT2D eigenvalue weighted by Gasteiger charge is -2.33. The highest BCUT2D eigenvalue weighted by molar-refractivity contribution is 7.89. The number of hydrogen-bond donors (Lipinski definition) is 1. The Bertz CT molecular complexity index is 594. The monoisotopic (exact) mass is 333 g/mol. The molecule has 0 aromatic carbocycles. The summed E-state index contributed by atoms with van der Waals surface area (Å²) < 4.78 is 32.3. The van der Waals surface area contributed by atoms with Gasteiger partial charge in [0, 0.05) is 25.3 Å². The van der Waals surface area contributed by atoms with Crippen molar-refractivity contribution in [3.63, 3.8) is 0 Å². The van der Waals surface area contributed by atoms with E-state index in [-0.39, 0.29) is 10.9 Å². The smallest absolute Gasteiger partial charge is 0.245 e. The van der Waals surface area contributed by atoms with E-state index in [1.165, 1.54) is 16.6 Å². The highest BCUT2D eigenvalue weighted by Gasteiger charge is 2.33. The van der Waals surface area contributed by atoms with Gasteiger partial charge in [-0.25, -0.2) is 13.4 Å². The Morgan fingerprint density at radius 3 is 2.90 bits per heavy atom. The zero-order valence-corrected chi connectivity index (χ0v) is 13.7. The lowest BCUT2D eigenvalue weighted by atomic mass is 10.2. The van der Waals surface area contributed by atoms with Crippen LogP contribution < -0.4 is 5.32 Å². The number of aromatic nitrogens is 1. The van der Waals surface area contributed by atoms with Gasteiger partial charge in [-0.1, -0.05) is 18.5 Å². The van der Waals surface area contributed by atoms with E-state index in [0.29, 0.717) is 43.6 Å². The first-order valence-electron chi connectivity index (χ1n) is 6.99. The van der Waals surface area contributed by atoms with Crippen molar-refractivity contribution in [3.8, 4) is 0 Å². The molecule has 1 aliphatic heterocycles. The molecule has 0 spiro atoms. The lowest BCUT2D eigenvalue weighted by molar-refractivity contribution is 0.0314. The van der Waals surface area contributed by atoms with Crippen LogP contribution in [-0.4, -0.2) is 50.1 Å². The predicted octanol–water partition coefficient (Wildman–Crippen LogP) is 1.97. The molecule has 1 fully saturated rings. The maximum atomic E-state index is 12.7. The van der Waals surface area contributed by atoms with E-state index in [2.05, 4.69) is 10.3 Å². The van der Waals surface area contributed by atoms with Crippen LogP contribution in [0.1, 0.15) is 20.3 Å². The summed E-state index contributed by atoms with van der Waals surface area (Å²) in [5.74, 6) is 0.493. The van der Waals surface area contributed by atoms with Crippen LogP contribution in [-0.2, 0) is 14.8 Å². The Labute approximate surface area is 130 Å². The molecule has 1 unspecified atom stereocenters. The van der Waals surface area contributed by atoms with Gasteiger partial charge in [0.25, 0.3) is 0 Å². The van der Waals surface area contributed by atoms with E-state index in [1.54, 1.807) is 0 Å². The summed E-state index contributed by atoms with van der Waals surface area (Å²) in [6.45, 7) is 5.72. The summed E-state index contributed by atoms with van der Waals surface area (Å²) in [5, 5.41) is 3.29. The van der Waals surface area contributed by atoms with Crippen LogP contribution >= 0.6 is 11.6 Å². The van der Waals surface area contributed by atoms with Gasteiger partial charge in [-0.3, -0.25) is 0 Å². The molecular formula is C13H20ClN3O3S. The number of nitrogens with one attached hydrogen (secondary N) is 1. The molecule has 1 aromatic rings. The molecule has 118 valence electrons. The van der Waals surface area contributed by atoms with Gasteiger partial charge in [0.15, 0.2) is 0 Å². The number of sulfonamides is 1. The van der Waals surface area contributed by atoms with Gasteiger partial charge in [-0.2, -0.15) is 4.31 Å². The second-order valence-corrected chi connectivity index (χ2v) is 7.08. The second kappa shape index (κ2) is 6.91. The zero-order chi connectivity index (χ0) is 15.5. The van der Waals surface area contributed by atoms with E-state index in [9.17, 15) is 8.42 Å². The van der Waals surface area contributed by atoms with Gasteiger partial charge in [-0.15, -0.1) is 0 Å². The largest absolute Gasteiger partial charge is 0.378 e. The maximum Gasteiger partial charge on any atom is 0.245 e. The molecule has 0 bridgehead atoms. The lowest BCUT2D eigenvalue weighted by Crippen LogP contribution is -2.48. The molecule has 0 saturated carbocycles. The molecule has 0 aliphatic carbocycles. The van der Waals surface area contributed by atoms with Gasteiger partial charge in [0.1, 0.15) is 10.7 Å². The van der Waals surface area contributed by atoms with Crippen LogP contribution in [0.4, 0.5) is 5.82 Å². The van der Waals surface area contributed by atoms with Gasteiger partial charge in [0.05, 0.1) is 18.2 Å². The van der Waals surface area contributed by atoms with E-state index in [1.807, 2.05) is 13.8 Å². The topological polar surface area (TPSA) is 71.5 Å². The molecule has 1 saturated heterocycles. The number of morpholine rings is 1. The molecular weight excluding hydrogens is 314 g/mol. The molecule has 2 heterocycles. The van der Waals surface area contributed by atoms with Crippen LogP contribution in [0.3, 0.4) is 0 Å². The summed E-state index contributed by atoms with van der Waals surface area (Å²) in [6.07, 6.45) is 2.05. The van der Waals surface area contributed by atoms with Crippen LogP contribution in [0, 0.1) is 0 Å². The van der Waals surface area contributed by atoms with Crippen LogP contribution in [0.5, 0.6) is 0 Å². The number of anilines is 1. The van der Waals surface area contributed by atoms with Crippen molar-refractivity contribution >= 4 is 27.4 Å². The number of ether oxygens (including phenoxy) is 1. The Morgan fingerprint density at radius 2 is 2.29 bits per heavy atom. The summed E-state index contributed by atoms with van der Waals surface area (Å²) >= 11 is 6.09. The van der Waals surface area contributed by atoms with Gasteiger partial charge in [-0.05, 0) is 19.4 Å². The fraction of sp³-hybridized carbons (Fsp3) is 0.615. The minimum atomic E-state index is -3.60. The predicted molar refractivity (Wildman–Crippen MR) is 82.2 cm³/mol. The summed E-state index contributed by atoms with van der Waals surface area (Å²) in [5.41, 5.74) is 0. The SMILES string of the molecule is CCNc1ncc(S(=O)(=O)N2CCOCC2CC)cc1Cl. The standard InChI is InChI=1S/C13H20ClN3O3S/c1-3-10-9-20-6-5-17(10)21(18,19)11-7-12(14)13(15-4-2)16-8-11/h7-8,10H,3-6,9H2,1-2H3,(H,15,16). The van der Waals surface area contributed by atoms with E-state index in [0.717, 1.165) is 0 Å². The van der Waals surface area contributed by atoms with Crippen molar-refractivity contribution in [2.75, 3.05) is 31.6 Å². The normalized spacial score (nSPS) is 20.4. The first-order valence-corrected chi connectivity index (χ1v) is 8.81. The highest BCUT2D eigenvalue weighted by atomic mass is 35.5.